The Morgan fingerprint density at radius 1 is 1.91 bits per heavy atom. The van der Waals surface area contributed by atoms with Crippen LogP contribution in [0.5, 0.6) is 0 Å². The van der Waals surface area contributed by atoms with E-state index >= 15 is 0 Å². The lowest BCUT2D eigenvalue weighted by Crippen LogP contribution is -2.24. The van der Waals surface area contributed by atoms with Gasteiger partial charge in [0.2, 0.25) is 0 Å². The average Bonchev–Trinajstić information content (AvgIpc) is 2.26. The molecule has 1 saturated heterocycles. The molecule has 60 valence electrons. The molecule has 1 heterocycles. The van der Waals surface area contributed by atoms with Gasteiger partial charge in [-0.25, -0.2) is 0 Å². The predicted octanol–water partition coefficient (Wildman–Crippen LogP) is 1.62. The summed E-state index contributed by atoms with van der Waals surface area (Å²) >= 11 is 6.84. The minimum atomic E-state index is 0.577. The van der Waals surface area contributed by atoms with E-state index in [9.17, 15) is 0 Å². The third-order valence-electron chi connectivity index (χ3n) is 1.53. The summed E-state index contributed by atoms with van der Waals surface area (Å²) in [5.74, 6) is 0. The van der Waals surface area contributed by atoms with Gasteiger partial charge in [-0.2, -0.15) is 5.26 Å². The van der Waals surface area contributed by atoms with Crippen molar-refractivity contribution in [2.24, 2.45) is 0 Å². The molecule has 1 atom stereocenters. The first-order chi connectivity index (χ1) is 5.24. The van der Waals surface area contributed by atoms with Crippen LogP contribution in [0.15, 0.2) is 0 Å². The Labute approximate surface area is 76.6 Å². The summed E-state index contributed by atoms with van der Waals surface area (Å²) in [5.41, 5.74) is 0. The molecular formula is C7H10N2S2. The SMILES string of the molecule is CC1CN(CCC#N)C(=S)S1. The van der Waals surface area contributed by atoms with Crippen molar-refractivity contribution < 1.29 is 0 Å². The van der Waals surface area contributed by atoms with Crippen molar-refractivity contribution in [3.8, 4) is 6.07 Å². The first kappa shape index (κ1) is 8.82. The highest BCUT2D eigenvalue weighted by Gasteiger charge is 2.22. The zero-order valence-electron chi connectivity index (χ0n) is 6.41. The van der Waals surface area contributed by atoms with Crippen molar-refractivity contribution in [1.29, 1.82) is 5.26 Å². The lowest BCUT2D eigenvalue weighted by atomic mass is 10.4. The van der Waals surface area contributed by atoms with Gasteiger partial charge in [0.25, 0.3) is 0 Å². The molecule has 0 saturated carbocycles. The number of hydrogen-bond acceptors (Lipinski definition) is 3. The molecule has 4 heteroatoms. The molecule has 1 aliphatic rings. The van der Waals surface area contributed by atoms with Gasteiger partial charge < -0.3 is 4.90 Å². The van der Waals surface area contributed by atoms with Crippen LogP contribution in [0.1, 0.15) is 13.3 Å². The van der Waals surface area contributed by atoms with Crippen LogP contribution in [-0.2, 0) is 0 Å². The van der Waals surface area contributed by atoms with E-state index in [1.165, 1.54) is 0 Å². The van der Waals surface area contributed by atoms with E-state index in [4.69, 9.17) is 17.5 Å². The second-order valence-electron chi connectivity index (χ2n) is 2.55. The Hall–Kier alpha value is -0.270. The quantitative estimate of drug-likeness (QED) is 0.612. The molecule has 0 bridgehead atoms. The maximum Gasteiger partial charge on any atom is 0.136 e. The molecule has 0 aromatic carbocycles. The number of thioether (sulfide) groups is 1. The molecule has 1 rings (SSSR count). The van der Waals surface area contributed by atoms with Crippen molar-refractivity contribution >= 4 is 28.3 Å². The monoisotopic (exact) mass is 186 g/mol. The molecule has 2 nitrogen and oxygen atoms in total. The van der Waals surface area contributed by atoms with Gasteiger partial charge in [0.15, 0.2) is 0 Å². The first-order valence-corrected chi connectivity index (χ1v) is 4.85. The molecule has 0 spiro atoms. The van der Waals surface area contributed by atoms with E-state index in [1.54, 1.807) is 11.8 Å². The number of rotatable bonds is 2. The minimum absolute atomic E-state index is 0.577. The molecule has 1 unspecified atom stereocenters. The maximum atomic E-state index is 8.35. The zero-order valence-corrected chi connectivity index (χ0v) is 8.04. The van der Waals surface area contributed by atoms with Crippen molar-refractivity contribution in [1.82, 2.24) is 4.90 Å². The van der Waals surface area contributed by atoms with E-state index in [-0.39, 0.29) is 0 Å². The van der Waals surface area contributed by atoms with E-state index in [1.807, 2.05) is 0 Å². The van der Waals surface area contributed by atoms with Gasteiger partial charge >= 0.3 is 0 Å². The van der Waals surface area contributed by atoms with Gasteiger partial charge in [0.1, 0.15) is 4.32 Å². The molecule has 0 amide bonds. The molecular weight excluding hydrogens is 176 g/mol. The van der Waals surface area contributed by atoms with Gasteiger partial charge in [-0.3, -0.25) is 0 Å². The fourth-order valence-corrected chi connectivity index (χ4v) is 2.61. The van der Waals surface area contributed by atoms with E-state index in [2.05, 4.69) is 17.9 Å². The molecule has 0 aromatic heterocycles. The zero-order chi connectivity index (χ0) is 8.27. The molecule has 0 aliphatic carbocycles. The molecule has 0 aromatic rings. The van der Waals surface area contributed by atoms with Crippen molar-refractivity contribution in [3.63, 3.8) is 0 Å². The summed E-state index contributed by atoms with van der Waals surface area (Å²) in [7, 11) is 0. The molecule has 0 N–H and O–H groups in total. The van der Waals surface area contributed by atoms with Crippen LogP contribution in [0.2, 0.25) is 0 Å². The maximum absolute atomic E-state index is 8.35. The first-order valence-electron chi connectivity index (χ1n) is 3.56. The third kappa shape index (κ3) is 2.35. The number of nitrogens with zero attached hydrogens (tertiary/aromatic N) is 2. The van der Waals surface area contributed by atoms with Crippen molar-refractivity contribution in [2.45, 2.75) is 18.6 Å². The van der Waals surface area contributed by atoms with Crippen LogP contribution >= 0.6 is 24.0 Å². The van der Waals surface area contributed by atoms with Gasteiger partial charge in [-0.05, 0) is 0 Å². The summed E-state index contributed by atoms with van der Waals surface area (Å²) in [6.07, 6.45) is 0.577. The number of nitriles is 1. The normalized spacial score (nSPS) is 23.8. The standard InChI is InChI=1S/C7H10N2S2/c1-6-5-9(4-2-3-8)7(10)11-6/h6H,2,4-5H2,1H3. The fraction of sp³-hybridized carbons (Fsp3) is 0.714. The van der Waals surface area contributed by atoms with Gasteiger partial charge in [0, 0.05) is 18.3 Å². The topological polar surface area (TPSA) is 27.0 Å². The van der Waals surface area contributed by atoms with Crippen LogP contribution in [0, 0.1) is 11.3 Å². The van der Waals surface area contributed by atoms with E-state index < -0.39 is 0 Å². The van der Waals surface area contributed by atoms with Crippen LogP contribution < -0.4 is 0 Å². The van der Waals surface area contributed by atoms with Crippen LogP contribution in [-0.4, -0.2) is 27.6 Å². The minimum Gasteiger partial charge on any atom is -0.355 e. The van der Waals surface area contributed by atoms with Crippen LogP contribution in [0.3, 0.4) is 0 Å². The van der Waals surface area contributed by atoms with Crippen molar-refractivity contribution in [3.05, 3.63) is 0 Å². The summed E-state index contributed by atoms with van der Waals surface area (Å²) in [5, 5.41) is 8.95. The summed E-state index contributed by atoms with van der Waals surface area (Å²) in [6, 6.07) is 2.12. The Morgan fingerprint density at radius 2 is 2.64 bits per heavy atom. The lowest BCUT2D eigenvalue weighted by Gasteiger charge is -2.13. The Bertz CT molecular complexity index is 197. The second kappa shape index (κ2) is 3.93. The highest BCUT2D eigenvalue weighted by atomic mass is 32.2. The molecule has 1 aliphatic heterocycles. The second-order valence-corrected chi connectivity index (χ2v) is 4.62. The summed E-state index contributed by atoms with van der Waals surface area (Å²) < 4.78 is 0.952. The highest BCUT2D eigenvalue weighted by molar-refractivity contribution is 8.23. The average molecular weight is 186 g/mol. The summed E-state index contributed by atoms with van der Waals surface area (Å²) in [4.78, 5) is 2.11. The summed E-state index contributed by atoms with van der Waals surface area (Å²) in [6.45, 7) is 3.96. The highest BCUT2D eigenvalue weighted by Crippen LogP contribution is 2.24. The van der Waals surface area contributed by atoms with Gasteiger partial charge in [-0.1, -0.05) is 30.9 Å². The Kier molecular flexibility index (Phi) is 3.16. The Balaban J connectivity index is 2.36. The largest absolute Gasteiger partial charge is 0.355 e. The smallest absolute Gasteiger partial charge is 0.136 e. The van der Waals surface area contributed by atoms with Crippen LogP contribution in [0.25, 0.3) is 0 Å². The lowest BCUT2D eigenvalue weighted by molar-refractivity contribution is 0.457. The Morgan fingerprint density at radius 3 is 3.09 bits per heavy atom. The molecule has 1 fully saturated rings. The van der Waals surface area contributed by atoms with E-state index in [0.29, 0.717) is 11.7 Å². The fourth-order valence-electron chi connectivity index (χ4n) is 1.04. The van der Waals surface area contributed by atoms with Gasteiger partial charge in [0.05, 0.1) is 12.5 Å². The molecule has 11 heavy (non-hydrogen) atoms. The molecule has 0 radical (unpaired) electrons. The van der Waals surface area contributed by atoms with Gasteiger partial charge in [-0.15, -0.1) is 0 Å². The predicted molar refractivity (Wildman–Crippen MR) is 51.5 cm³/mol. The van der Waals surface area contributed by atoms with Crippen molar-refractivity contribution in [2.75, 3.05) is 13.1 Å². The number of hydrogen-bond donors (Lipinski definition) is 0. The number of thiocarbonyl (C=S) groups is 1. The third-order valence-corrected chi connectivity index (χ3v) is 3.09. The van der Waals surface area contributed by atoms with Crippen LogP contribution in [0.4, 0.5) is 0 Å². The van der Waals surface area contributed by atoms with E-state index in [0.717, 1.165) is 17.4 Å².